The Kier molecular flexibility index (Phi) is 3.87. The fourth-order valence-corrected chi connectivity index (χ4v) is 2.89. The SMILES string of the molecule is NC(Cc1cc(F)ccc1Br)c1ccc2c(c1)COC2. The lowest BCUT2D eigenvalue weighted by Gasteiger charge is -2.14. The van der Waals surface area contributed by atoms with Gasteiger partial charge in [0.25, 0.3) is 0 Å². The Hall–Kier alpha value is -1.23. The molecule has 2 nitrogen and oxygen atoms in total. The number of benzene rings is 2. The summed E-state index contributed by atoms with van der Waals surface area (Å²) >= 11 is 3.44. The van der Waals surface area contributed by atoms with Gasteiger partial charge in [-0.1, -0.05) is 34.1 Å². The highest BCUT2D eigenvalue weighted by molar-refractivity contribution is 9.10. The summed E-state index contributed by atoms with van der Waals surface area (Å²) in [7, 11) is 0. The van der Waals surface area contributed by atoms with E-state index in [9.17, 15) is 4.39 Å². The summed E-state index contributed by atoms with van der Waals surface area (Å²) in [6, 6.07) is 10.7. The molecule has 1 heterocycles. The van der Waals surface area contributed by atoms with E-state index in [2.05, 4.69) is 28.1 Å². The van der Waals surface area contributed by atoms with Crippen LogP contribution < -0.4 is 5.73 Å². The third-order valence-electron chi connectivity index (χ3n) is 3.62. The Labute approximate surface area is 125 Å². The predicted molar refractivity (Wildman–Crippen MR) is 79.7 cm³/mol. The topological polar surface area (TPSA) is 35.2 Å². The Bertz CT molecular complexity index is 644. The zero-order chi connectivity index (χ0) is 14.1. The Morgan fingerprint density at radius 3 is 2.80 bits per heavy atom. The van der Waals surface area contributed by atoms with Crippen molar-refractivity contribution in [2.75, 3.05) is 0 Å². The zero-order valence-electron chi connectivity index (χ0n) is 10.9. The molecule has 104 valence electrons. The van der Waals surface area contributed by atoms with Gasteiger partial charge in [0.2, 0.25) is 0 Å². The molecule has 0 fully saturated rings. The van der Waals surface area contributed by atoms with Crippen molar-refractivity contribution in [2.45, 2.75) is 25.7 Å². The average molecular weight is 336 g/mol. The maximum absolute atomic E-state index is 13.3. The molecule has 0 saturated carbocycles. The second kappa shape index (κ2) is 5.64. The van der Waals surface area contributed by atoms with Crippen molar-refractivity contribution >= 4 is 15.9 Å². The van der Waals surface area contributed by atoms with Crippen LogP contribution >= 0.6 is 15.9 Å². The fourth-order valence-electron chi connectivity index (χ4n) is 2.48. The molecule has 1 aliphatic heterocycles. The van der Waals surface area contributed by atoms with Gasteiger partial charge in [-0.25, -0.2) is 4.39 Å². The maximum Gasteiger partial charge on any atom is 0.123 e. The van der Waals surface area contributed by atoms with E-state index >= 15 is 0 Å². The summed E-state index contributed by atoms with van der Waals surface area (Å²) < 4.78 is 19.6. The van der Waals surface area contributed by atoms with Gasteiger partial charge in [-0.05, 0) is 46.9 Å². The lowest BCUT2D eigenvalue weighted by Crippen LogP contribution is -2.14. The van der Waals surface area contributed by atoms with Crippen LogP contribution in [-0.2, 0) is 24.4 Å². The van der Waals surface area contributed by atoms with Crippen molar-refractivity contribution in [3.8, 4) is 0 Å². The van der Waals surface area contributed by atoms with E-state index < -0.39 is 0 Å². The first-order valence-electron chi connectivity index (χ1n) is 6.52. The second-order valence-electron chi connectivity index (χ2n) is 5.07. The smallest absolute Gasteiger partial charge is 0.123 e. The van der Waals surface area contributed by atoms with Crippen LogP contribution in [0.15, 0.2) is 40.9 Å². The first-order chi connectivity index (χ1) is 9.63. The van der Waals surface area contributed by atoms with Gasteiger partial charge in [-0.15, -0.1) is 0 Å². The molecule has 2 aromatic rings. The van der Waals surface area contributed by atoms with Gasteiger partial charge in [-0.3, -0.25) is 0 Å². The molecular weight excluding hydrogens is 321 g/mol. The van der Waals surface area contributed by atoms with Crippen LogP contribution in [0.2, 0.25) is 0 Å². The Morgan fingerprint density at radius 1 is 1.15 bits per heavy atom. The highest BCUT2D eigenvalue weighted by Crippen LogP contribution is 2.27. The molecule has 2 N–H and O–H groups in total. The van der Waals surface area contributed by atoms with E-state index in [4.69, 9.17) is 10.5 Å². The molecule has 0 saturated heterocycles. The molecule has 0 aromatic heterocycles. The first kappa shape index (κ1) is 13.7. The zero-order valence-corrected chi connectivity index (χ0v) is 12.5. The van der Waals surface area contributed by atoms with Crippen molar-refractivity contribution < 1.29 is 9.13 Å². The molecule has 2 aromatic carbocycles. The molecule has 1 aliphatic rings. The lowest BCUT2D eigenvalue weighted by molar-refractivity contribution is 0.134. The number of hydrogen-bond donors (Lipinski definition) is 1. The molecule has 4 heteroatoms. The summed E-state index contributed by atoms with van der Waals surface area (Å²) in [6.45, 7) is 1.33. The van der Waals surface area contributed by atoms with E-state index in [0.29, 0.717) is 19.6 Å². The predicted octanol–water partition coefficient (Wildman–Crippen LogP) is 3.86. The van der Waals surface area contributed by atoms with E-state index in [1.54, 1.807) is 6.07 Å². The minimum Gasteiger partial charge on any atom is -0.372 e. The van der Waals surface area contributed by atoms with Gasteiger partial charge in [0.15, 0.2) is 0 Å². The molecule has 0 aliphatic carbocycles. The third kappa shape index (κ3) is 2.77. The summed E-state index contributed by atoms with van der Waals surface area (Å²) in [6.07, 6.45) is 0.595. The number of ether oxygens (including phenoxy) is 1. The summed E-state index contributed by atoms with van der Waals surface area (Å²) in [4.78, 5) is 0. The normalized spacial score (nSPS) is 15.2. The molecule has 0 radical (unpaired) electrons. The van der Waals surface area contributed by atoms with Gasteiger partial charge < -0.3 is 10.5 Å². The number of nitrogens with two attached hydrogens (primary N) is 1. The van der Waals surface area contributed by atoms with Gasteiger partial charge in [0.1, 0.15) is 5.82 Å². The van der Waals surface area contributed by atoms with Gasteiger partial charge in [-0.2, -0.15) is 0 Å². The summed E-state index contributed by atoms with van der Waals surface area (Å²) in [5.41, 5.74) is 10.6. The van der Waals surface area contributed by atoms with Crippen LogP contribution in [0, 0.1) is 5.82 Å². The molecule has 3 rings (SSSR count). The molecule has 0 amide bonds. The monoisotopic (exact) mass is 335 g/mol. The minimum atomic E-state index is -0.238. The molecule has 1 atom stereocenters. The van der Waals surface area contributed by atoms with E-state index in [1.165, 1.54) is 23.3 Å². The van der Waals surface area contributed by atoms with Gasteiger partial charge >= 0.3 is 0 Å². The van der Waals surface area contributed by atoms with Crippen molar-refractivity contribution in [3.05, 3.63) is 68.9 Å². The highest BCUT2D eigenvalue weighted by atomic mass is 79.9. The molecule has 20 heavy (non-hydrogen) atoms. The van der Waals surface area contributed by atoms with E-state index in [-0.39, 0.29) is 11.9 Å². The average Bonchev–Trinajstić information content (AvgIpc) is 2.90. The van der Waals surface area contributed by atoms with Gasteiger partial charge in [0.05, 0.1) is 13.2 Å². The van der Waals surface area contributed by atoms with Crippen LogP contribution in [0.25, 0.3) is 0 Å². The minimum absolute atomic E-state index is 0.154. The first-order valence-corrected chi connectivity index (χ1v) is 7.32. The standard InChI is InChI=1S/C16H15BrFNO/c17-15-4-3-14(18)6-12(15)7-16(19)10-1-2-11-8-20-9-13(11)5-10/h1-6,16H,7-9,19H2. The lowest BCUT2D eigenvalue weighted by atomic mass is 9.96. The van der Waals surface area contributed by atoms with Crippen LogP contribution in [-0.4, -0.2) is 0 Å². The van der Waals surface area contributed by atoms with Crippen molar-refractivity contribution in [3.63, 3.8) is 0 Å². The largest absolute Gasteiger partial charge is 0.372 e. The summed E-state index contributed by atoms with van der Waals surface area (Å²) in [5.74, 6) is -0.238. The second-order valence-corrected chi connectivity index (χ2v) is 5.92. The van der Waals surface area contributed by atoms with Gasteiger partial charge in [0, 0.05) is 10.5 Å². The number of fused-ring (bicyclic) bond motifs is 1. The quantitative estimate of drug-likeness (QED) is 0.924. The number of hydrogen-bond acceptors (Lipinski definition) is 2. The number of halogens is 2. The van der Waals surface area contributed by atoms with Crippen LogP contribution in [0.1, 0.15) is 28.3 Å². The Balaban J connectivity index is 1.82. The number of rotatable bonds is 3. The van der Waals surface area contributed by atoms with Crippen molar-refractivity contribution in [1.29, 1.82) is 0 Å². The van der Waals surface area contributed by atoms with Crippen LogP contribution in [0.5, 0.6) is 0 Å². The summed E-state index contributed by atoms with van der Waals surface area (Å²) in [5, 5.41) is 0. The van der Waals surface area contributed by atoms with Crippen molar-refractivity contribution in [2.24, 2.45) is 5.73 Å². The molecule has 0 bridgehead atoms. The van der Waals surface area contributed by atoms with Crippen LogP contribution in [0.3, 0.4) is 0 Å². The van der Waals surface area contributed by atoms with E-state index in [1.807, 2.05) is 6.07 Å². The maximum atomic E-state index is 13.3. The highest BCUT2D eigenvalue weighted by Gasteiger charge is 2.15. The fraction of sp³-hybridized carbons (Fsp3) is 0.250. The van der Waals surface area contributed by atoms with E-state index in [0.717, 1.165) is 15.6 Å². The Morgan fingerprint density at radius 2 is 1.95 bits per heavy atom. The molecular formula is C16H15BrFNO. The molecule has 1 unspecified atom stereocenters. The van der Waals surface area contributed by atoms with Crippen molar-refractivity contribution in [1.82, 2.24) is 0 Å². The van der Waals surface area contributed by atoms with Crippen LogP contribution in [0.4, 0.5) is 4.39 Å². The molecule has 0 spiro atoms. The third-order valence-corrected chi connectivity index (χ3v) is 4.39.